The Kier molecular flexibility index (Phi) is 5.81. The molecule has 0 aliphatic carbocycles. The van der Waals surface area contributed by atoms with E-state index in [2.05, 4.69) is 10.4 Å². The number of ether oxygens (including phenoxy) is 1. The maximum atomic E-state index is 13.8. The van der Waals surface area contributed by atoms with E-state index in [1.165, 1.54) is 24.4 Å². The number of hydrogen-bond donors (Lipinski definition) is 1. The van der Waals surface area contributed by atoms with E-state index in [-0.39, 0.29) is 5.82 Å². The minimum atomic E-state index is -2.23. The van der Waals surface area contributed by atoms with Gasteiger partial charge in [0.2, 0.25) is 5.82 Å². The molecule has 0 saturated carbocycles. The molecule has 0 atom stereocenters. The molecular formula is C19H14F5N3O2. The maximum Gasteiger partial charge on any atom is 0.256 e. The molecule has 0 radical (unpaired) electrons. The first-order valence-electron chi connectivity index (χ1n) is 8.39. The van der Waals surface area contributed by atoms with Gasteiger partial charge in [-0.1, -0.05) is 0 Å². The van der Waals surface area contributed by atoms with Crippen LogP contribution in [0.25, 0.3) is 0 Å². The molecule has 1 heterocycles. The van der Waals surface area contributed by atoms with Crippen LogP contribution in [0.3, 0.4) is 0 Å². The normalized spacial score (nSPS) is 10.8. The van der Waals surface area contributed by atoms with Crippen LogP contribution in [0.1, 0.15) is 22.8 Å². The summed E-state index contributed by atoms with van der Waals surface area (Å²) in [6, 6.07) is 7.61. The highest BCUT2D eigenvalue weighted by Gasteiger charge is 2.26. The van der Waals surface area contributed by atoms with E-state index in [1.54, 1.807) is 12.1 Å². The lowest BCUT2D eigenvalue weighted by Crippen LogP contribution is -2.14. The fourth-order valence-electron chi connectivity index (χ4n) is 2.53. The minimum Gasteiger partial charge on any atom is -0.494 e. The molecule has 29 heavy (non-hydrogen) atoms. The Bertz CT molecular complexity index is 1020. The van der Waals surface area contributed by atoms with Crippen molar-refractivity contribution >= 4 is 11.7 Å². The first-order valence-corrected chi connectivity index (χ1v) is 8.39. The van der Waals surface area contributed by atoms with Crippen molar-refractivity contribution in [1.29, 1.82) is 0 Å². The van der Waals surface area contributed by atoms with E-state index in [9.17, 15) is 26.7 Å². The van der Waals surface area contributed by atoms with Crippen LogP contribution >= 0.6 is 0 Å². The Balaban J connectivity index is 1.74. The first-order chi connectivity index (χ1) is 13.8. The van der Waals surface area contributed by atoms with Crippen molar-refractivity contribution in [3.05, 3.63) is 76.7 Å². The number of halogens is 5. The van der Waals surface area contributed by atoms with Crippen LogP contribution < -0.4 is 10.1 Å². The Labute approximate surface area is 161 Å². The Morgan fingerprint density at radius 2 is 1.55 bits per heavy atom. The molecule has 2 aromatic carbocycles. The number of carbonyl (C=O) groups is 1. The molecule has 0 aliphatic rings. The van der Waals surface area contributed by atoms with Gasteiger partial charge in [-0.2, -0.15) is 5.10 Å². The number of anilines is 1. The molecule has 5 nitrogen and oxygen atoms in total. The van der Waals surface area contributed by atoms with Crippen LogP contribution in [0, 0.1) is 29.1 Å². The summed E-state index contributed by atoms with van der Waals surface area (Å²) in [4.78, 5) is 12.2. The molecule has 3 rings (SSSR count). The number of benzene rings is 2. The summed E-state index contributed by atoms with van der Waals surface area (Å²) in [5, 5.41) is 6.34. The lowest BCUT2D eigenvalue weighted by atomic mass is 10.1. The fourth-order valence-corrected chi connectivity index (χ4v) is 2.53. The average Bonchev–Trinajstić information content (AvgIpc) is 3.16. The molecule has 0 bridgehead atoms. The average molecular weight is 411 g/mol. The summed E-state index contributed by atoms with van der Waals surface area (Å²) in [5.41, 5.74) is -0.725. The van der Waals surface area contributed by atoms with Crippen LogP contribution in [0.15, 0.2) is 36.5 Å². The number of nitrogens with one attached hydrogen (secondary N) is 1. The van der Waals surface area contributed by atoms with Crippen LogP contribution in [0.4, 0.5) is 27.8 Å². The lowest BCUT2D eigenvalue weighted by molar-refractivity contribution is 0.102. The third kappa shape index (κ3) is 4.20. The van der Waals surface area contributed by atoms with Crippen molar-refractivity contribution in [3.8, 4) is 5.75 Å². The van der Waals surface area contributed by atoms with Gasteiger partial charge in [-0.15, -0.1) is 0 Å². The molecule has 0 unspecified atom stereocenters. The van der Waals surface area contributed by atoms with E-state index in [0.29, 0.717) is 17.9 Å². The molecule has 0 saturated heterocycles. The molecule has 1 aromatic heterocycles. The highest BCUT2D eigenvalue weighted by Crippen LogP contribution is 2.24. The molecule has 1 N–H and O–H groups in total. The highest BCUT2D eigenvalue weighted by molar-refractivity contribution is 6.03. The number of amides is 1. The zero-order valence-electron chi connectivity index (χ0n) is 15.0. The fraction of sp³-hybridized carbons (Fsp3) is 0.158. The van der Waals surface area contributed by atoms with Gasteiger partial charge >= 0.3 is 0 Å². The quantitative estimate of drug-likeness (QED) is 0.374. The second-order valence-electron chi connectivity index (χ2n) is 5.86. The van der Waals surface area contributed by atoms with Gasteiger partial charge in [-0.3, -0.25) is 9.48 Å². The molecule has 3 aromatic rings. The maximum absolute atomic E-state index is 13.8. The molecule has 152 valence electrons. The number of carbonyl (C=O) groups excluding carboxylic acids is 1. The standard InChI is InChI=1S/C19H14F5N3O2/c1-2-29-11-5-3-10(4-6-11)19(28)25-13-7-8-27(26-13)9-12-14(20)16(22)18(24)17(23)15(12)21/h3-8H,2,9H2,1H3,(H,25,26,28). The van der Waals surface area contributed by atoms with Crippen molar-refractivity contribution in [3.63, 3.8) is 0 Å². The van der Waals surface area contributed by atoms with Crippen LogP contribution in [0.2, 0.25) is 0 Å². The summed E-state index contributed by atoms with van der Waals surface area (Å²) < 4.78 is 73.4. The zero-order valence-corrected chi connectivity index (χ0v) is 15.0. The number of rotatable bonds is 6. The van der Waals surface area contributed by atoms with E-state index in [1.807, 2.05) is 6.92 Å². The van der Waals surface area contributed by atoms with Crippen molar-refractivity contribution in [2.24, 2.45) is 0 Å². The lowest BCUT2D eigenvalue weighted by Gasteiger charge is -2.08. The van der Waals surface area contributed by atoms with Crippen molar-refractivity contribution in [1.82, 2.24) is 9.78 Å². The third-order valence-corrected chi connectivity index (χ3v) is 3.93. The smallest absolute Gasteiger partial charge is 0.256 e. The minimum absolute atomic E-state index is 0.0350. The van der Waals surface area contributed by atoms with Gasteiger partial charge in [0.1, 0.15) is 5.75 Å². The van der Waals surface area contributed by atoms with Crippen LogP contribution in [-0.4, -0.2) is 22.3 Å². The SMILES string of the molecule is CCOc1ccc(C(=O)Nc2ccn(Cc3c(F)c(F)c(F)c(F)c3F)n2)cc1. The van der Waals surface area contributed by atoms with Crippen molar-refractivity contribution in [2.45, 2.75) is 13.5 Å². The molecule has 0 aliphatic heterocycles. The largest absolute Gasteiger partial charge is 0.494 e. The second kappa shape index (κ2) is 8.29. The molecule has 1 amide bonds. The summed E-state index contributed by atoms with van der Waals surface area (Å²) in [5.74, 6) is -10.0. The van der Waals surface area contributed by atoms with Crippen molar-refractivity contribution in [2.75, 3.05) is 11.9 Å². The predicted molar refractivity (Wildman–Crippen MR) is 93.1 cm³/mol. The summed E-state index contributed by atoms with van der Waals surface area (Å²) in [6.45, 7) is 1.58. The predicted octanol–water partition coefficient (Wildman–Crippen LogP) is 4.28. The second-order valence-corrected chi connectivity index (χ2v) is 5.86. The summed E-state index contributed by atoms with van der Waals surface area (Å²) in [7, 11) is 0. The van der Waals surface area contributed by atoms with Gasteiger partial charge in [-0.05, 0) is 31.2 Å². The first kappa shape index (κ1) is 20.3. The van der Waals surface area contributed by atoms with Gasteiger partial charge in [0.25, 0.3) is 5.91 Å². The topological polar surface area (TPSA) is 56.1 Å². The van der Waals surface area contributed by atoms with Crippen LogP contribution in [0.5, 0.6) is 5.75 Å². The summed E-state index contributed by atoms with van der Waals surface area (Å²) >= 11 is 0. The van der Waals surface area contributed by atoms with E-state index < -0.39 is 47.1 Å². The molecule has 0 fully saturated rings. The van der Waals surface area contributed by atoms with E-state index >= 15 is 0 Å². The Morgan fingerprint density at radius 3 is 2.14 bits per heavy atom. The Hall–Kier alpha value is -3.43. The van der Waals surface area contributed by atoms with Gasteiger partial charge in [0, 0.05) is 17.8 Å². The number of aromatic nitrogens is 2. The van der Waals surface area contributed by atoms with Gasteiger partial charge < -0.3 is 10.1 Å². The van der Waals surface area contributed by atoms with E-state index in [0.717, 1.165) is 4.68 Å². The van der Waals surface area contributed by atoms with Crippen molar-refractivity contribution < 1.29 is 31.5 Å². The molecule has 10 heteroatoms. The highest BCUT2D eigenvalue weighted by atomic mass is 19.2. The third-order valence-electron chi connectivity index (χ3n) is 3.93. The van der Waals surface area contributed by atoms with Gasteiger partial charge in [0.15, 0.2) is 29.1 Å². The van der Waals surface area contributed by atoms with E-state index in [4.69, 9.17) is 4.74 Å². The Morgan fingerprint density at radius 1 is 0.966 bits per heavy atom. The molecular weight excluding hydrogens is 397 g/mol. The summed E-state index contributed by atoms with van der Waals surface area (Å²) in [6.07, 6.45) is 1.23. The number of hydrogen-bond acceptors (Lipinski definition) is 3. The molecule has 0 spiro atoms. The van der Waals surface area contributed by atoms with Crippen LogP contribution in [-0.2, 0) is 6.54 Å². The van der Waals surface area contributed by atoms with Gasteiger partial charge in [-0.25, -0.2) is 22.0 Å². The van der Waals surface area contributed by atoms with Gasteiger partial charge in [0.05, 0.1) is 18.7 Å². The monoisotopic (exact) mass is 411 g/mol. The number of nitrogens with zero attached hydrogens (tertiary/aromatic N) is 2. The zero-order chi connectivity index (χ0) is 21.1.